The number of benzene rings is 1. The highest BCUT2D eigenvalue weighted by molar-refractivity contribution is 6.09. The van der Waals surface area contributed by atoms with E-state index < -0.39 is 18.1 Å². The van der Waals surface area contributed by atoms with Gasteiger partial charge in [-0.1, -0.05) is 56.3 Å². The highest BCUT2D eigenvalue weighted by Gasteiger charge is 2.68. The number of nitrogens with zero attached hydrogens (tertiary/aromatic N) is 1. The molecule has 162 valence electrons. The van der Waals surface area contributed by atoms with E-state index in [0.29, 0.717) is 17.4 Å². The SMILES string of the molecule is CC(C)[C@H](C(=O)O[C@@H](C)C(=O)c1ccccc1)N1C(=O)[C@@H]2[C@@H]3C=C[C@H]([C@H]4C[C@H]34)[C@@H]2C1=O. The molecule has 2 bridgehead atoms. The first-order valence-corrected chi connectivity index (χ1v) is 11.2. The predicted octanol–water partition coefficient (Wildman–Crippen LogP) is 2.88. The minimum atomic E-state index is -1.02. The third-order valence-electron chi connectivity index (χ3n) is 7.57. The van der Waals surface area contributed by atoms with E-state index in [2.05, 4.69) is 12.2 Å². The Hall–Kier alpha value is -2.76. The first-order chi connectivity index (χ1) is 14.8. The van der Waals surface area contributed by atoms with Gasteiger partial charge in [-0.2, -0.15) is 0 Å². The molecule has 2 saturated carbocycles. The van der Waals surface area contributed by atoms with Crippen molar-refractivity contribution in [2.24, 2.45) is 41.4 Å². The van der Waals surface area contributed by atoms with E-state index in [1.165, 1.54) is 11.8 Å². The van der Waals surface area contributed by atoms with Crippen molar-refractivity contribution in [2.75, 3.05) is 0 Å². The average Bonchev–Trinajstić information content (AvgIpc) is 3.54. The van der Waals surface area contributed by atoms with Crippen LogP contribution in [0.5, 0.6) is 0 Å². The van der Waals surface area contributed by atoms with Crippen molar-refractivity contribution in [3.05, 3.63) is 48.0 Å². The number of esters is 1. The van der Waals surface area contributed by atoms with Crippen LogP contribution in [0.25, 0.3) is 0 Å². The number of ketones is 1. The molecule has 3 fully saturated rings. The lowest BCUT2D eigenvalue weighted by atomic mass is 9.63. The molecule has 1 heterocycles. The second kappa shape index (κ2) is 7.14. The lowest BCUT2D eigenvalue weighted by molar-refractivity contribution is -0.162. The molecule has 0 radical (unpaired) electrons. The Labute approximate surface area is 181 Å². The molecule has 4 aliphatic carbocycles. The van der Waals surface area contributed by atoms with Crippen molar-refractivity contribution in [2.45, 2.75) is 39.3 Å². The Kier molecular flexibility index (Phi) is 4.65. The van der Waals surface area contributed by atoms with E-state index in [4.69, 9.17) is 4.74 Å². The Bertz CT molecular complexity index is 947. The molecule has 0 unspecified atom stereocenters. The van der Waals surface area contributed by atoms with Crippen molar-refractivity contribution in [1.29, 1.82) is 0 Å². The van der Waals surface area contributed by atoms with E-state index >= 15 is 0 Å². The van der Waals surface area contributed by atoms with Gasteiger partial charge in [-0.3, -0.25) is 19.3 Å². The smallest absolute Gasteiger partial charge is 0.330 e. The van der Waals surface area contributed by atoms with Gasteiger partial charge in [0.2, 0.25) is 17.6 Å². The van der Waals surface area contributed by atoms with Crippen molar-refractivity contribution in [3.63, 3.8) is 0 Å². The van der Waals surface area contributed by atoms with E-state index in [1.807, 2.05) is 0 Å². The number of hydrogen-bond acceptors (Lipinski definition) is 5. The number of rotatable bonds is 6. The summed E-state index contributed by atoms with van der Waals surface area (Å²) in [6.07, 6.45) is 4.30. The zero-order valence-electron chi connectivity index (χ0n) is 17.9. The molecule has 1 saturated heterocycles. The van der Waals surface area contributed by atoms with Crippen molar-refractivity contribution in [1.82, 2.24) is 4.90 Å². The molecule has 2 amide bonds. The molecule has 6 rings (SSSR count). The molecule has 0 aromatic heterocycles. The maximum absolute atomic E-state index is 13.4. The molecule has 1 aromatic rings. The summed E-state index contributed by atoms with van der Waals surface area (Å²) in [6.45, 7) is 5.11. The van der Waals surface area contributed by atoms with Gasteiger partial charge in [-0.05, 0) is 42.9 Å². The molecule has 8 atom stereocenters. The second-order valence-electron chi connectivity index (χ2n) is 9.70. The molecular formula is C25H27NO5. The van der Waals surface area contributed by atoms with Crippen LogP contribution in [0.4, 0.5) is 0 Å². The zero-order chi connectivity index (χ0) is 22.0. The Morgan fingerprint density at radius 3 is 2.00 bits per heavy atom. The van der Waals surface area contributed by atoms with Crippen LogP contribution in [0.1, 0.15) is 37.6 Å². The van der Waals surface area contributed by atoms with Gasteiger partial charge in [0, 0.05) is 5.56 Å². The van der Waals surface area contributed by atoms with Crippen LogP contribution in [0.3, 0.4) is 0 Å². The highest BCUT2D eigenvalue weighted by atomic mass is 16.5. The fourth-order valence-corrected chi connectivity index (χ4v) is 6.06. The molecule has 1 aromatic carbocycles. The van der Waals surface area contributed by atoms with Crippen LogP contribution < -0.4 is 0 Å². The maximum atomic E-state index is 13.4. The van der Waals surface area contributed by atoms with E-state index in [1.54, 1.807) is 44.2 Å². The summed E-state index contributed by atoms with van der Waals surface area (Å²) in [5, 5.41) is 0. The minimum Gasteiger partial charge on any atom is -0.453 e. The average molecular weight is 421 g/mol. The number of allylic oxidation sites excluding steroid dienone is 2. The Morgan fingerprint density at radius 1 is 0.935 bits per heavy atom. The number of imide groups is 1. The molecule has 31 heavy (non-hydrogen) atoms. The number of amides is 2. The van der Waals surface area contributed by atoms with Gasteiger partial charge in [0.15, 0.2) is 6.10 Å². The third kappa shape index (κ3) is 2.99. The largest absolute Gasteiger partial charge is 0.453 e. The summed E-state index contributed by atoms with van der Waals surface area (Å²) in [4.78, 5) is 53.7. The number of Topliss-reactive ketones (excluding diaryl/α,β-unsaturated/α-hetero) is 1. The summed E-state index contributed by atoms with van der Waals surface area (Å²) in [6, 6.07) is 7.60. The quantitative estimate of drug-likeness (QED) is 0.305. The zero-order valence-corrected chi connectivity index (χ0v) is 17.9. The van der Waals surface area contributed by atoms with Gasteiger partial charge in [0.25, 0.3) is 0 Å². The maximum Gasteiger partial charge on any atom is 0.330 e. The normalized spacial score (nSPS) is 34.4. The second-order valence-corrected chi connectivity index (χ2v) is 9.70. The van der Waals surface area contributed by atoms with Crippen LogP contribution in [-0.4, -0.2) is 40.6 Å². The Balaban J connectivity index is 1.36. The first-order valence-electron chi connectivity index (χ1n) is 11.2. The van der Waals surface area contributed by atoms with Gasteiger partial charge in [0.05, 0.1) is 11.8 Å². The van der Waals surface area contributed by atoms with Gasteiger partial charge < -0.3 is 4.74 Å². The summed E-state index contributed by atoms with van der Waals surface area (Å²) in [5.74, 6) is -1.35. The molecule has 5 aliphatic rings. The van der Waals surface area contributed by atoms with Gasteiger partial charge in [0.1, 0.15) is 6.04 Å². The third-order valence-corrected chi connectivity index (χ3v) is 7.57. The first kappa shape index (κ1) is 20.2. The molecular weight excluding hydrogens is 394 g/mol. The van der Waals surface area contributed by atoms with Gasteiger partial charge >= 0.3 is 5.97 Å². The summed E-state index contributed by atoms with van der Waals surface area (Å²) < 4.78 is 5.50. The molecule has 6 heteroatoms. The Morgan fingerprint density at radius 2 is 1.48 bits per heavy atom. The van der Waals surface area contributed by atoms with Gasteiger partial charge in [-0.25, -0.2) is 4.79 Å². The van der Waals surface area contributed by atoms with Crippen LogP contribution in [0.2, 0.25) is 0 Å². The molecule has 1 aliphatic heterocycles. The highest BCUT2D eigenvalue weighted by Crippen LogP contribution is 2.65. The molecule has 0 spiro atoms. The van der Waals surface area contributed by atoms with E-state index in [0.717, 1.165) is 6.42 Å². The van der Waals surface area contributed by atoms with Crippen molar-refractivity contribution < 1.29 is 23.9 Å². The fraction of sp³-hybridized carbons (Fsp3) is 0.520. The van der Waals surface area contributed by atoms with Crippen molar-refractivity contribution in [3.8, 4) is 0 Å². The van der Waals surface area contributed by atoms with Crippen LogP contribution in [0, 0.1) is 41.4 Å². The molecule has 0 N–H and O–H groups in total. The number of ether oxygens (including phenoxy) is 1. The van der Waals surface area contributed by atoms with Crippen LogP contribution >= 0.6 is 0 Å². The van der Waals surface area contributed by atoms with E-state index in [-0.39, 0.29) is 47.2 Å². The topological polar surface area (TPSA) is 80.8 Å². The number of likely N-dealkylation sites (tertiary alicyclic amines) is 1. The van der Waals surface area contributed by atoms with E-state index in [9.17, 15) is 19.2 Å². The lowest BCUT2D eigenvalue weighted by Crippen LogP contribution is -2.50. The number of carbonyl (C=O) groups is 4. The lowest BCUT2D eigenvalue weighted by Gasteiger charge is -2.37. The fourth-order valence-electron chi connectivity index (χ4n) is 6.06. The van der Waals surface area contributed by atoms with Crippen molar-refractivity contribution >= 4 is 23.6 Å². The minimum absolute atomic E-state index is 0.101. The summed E-state index contributed by atoms with van der Waals surface area (Å²) in [7, 11) is 0. The predicted molar refractivity (Wildman–Crippen MR) is 112 cm³/mol. The number of hydrogen-bond donors (Lipinski definition) is 0. The van der Waals surface area contributed by atoms with Crippen LogP contribution in [0.15, 0.2) is 42.5 Å². The van der Waals surface area contributed by atoms with Crippen LogP contribution in [-0.2, 0) is 19.1 Å². The monoisotopic (exact) mass is 421 g/mol. The van der Waals surface area contributed by atoms with Gasteiger partial charge in [-0.15, -0.1) is 0 Å². The number of carbonyl (C=O) groups excluding carboxylic acids is 4. The molecule has 6 nitrogen and oxygen atoms in total. The summed E-state index contributed by atoms with van der Waals surface area (Å²) >= 11 is 0. The standard InChI is InChI=1S/C25H27NO5/c1-12(2)21(25(30)31-13(3)22(27)14-7-5-4-6-8-14)26-23(28)19-15-9-10-16(18-11-17(15)18)20(19)24(26)29/h4-10,12-13,15-21H,11H2,1-3H3/t13-,15+,16+,17+,18+,19-,20+,21+/m0/s1. The summed E-state index contributed by atoms with van der Waals surface area (Å²) in [5.41, 5.74) is 0.449.